The SMILES string of the molecule is COCO[C@@H](CCOCc1ccccc1)C[C@H]1OC(C)(C)O[C@@H]1[C@H](OCOC)c1ccccc1. The van der Waals surface area contributed by atoms with Crippen molar-refractivity contribution in [3.8, 4) is 0 Å². The van der Waals surface area contributed by atoms with Gasteiger partial charge in [-0.3, -0.25) is 0 Å². The second-order valence-electron chi connectivity index (χ2n) is 8.80. The Bertz CT molecular complexity index is 799. The fourth-order valence-corrected chi connectivity index (χ4v) is 4.14. The van der Waals surface area contributed by atoms with Crippen molar-refractivity contribution in [1.29, 1.82) is 0 Å². The lowest BCUT2D eigenvalue weighted by atomic mass is 9.96. The number of rotatable bonds is 15. The molecule has 7 heteroatoms. The van der Waals surface area contributed by atoms with Gasteiger partial charge in [-0.25, -0.2) is 0 Å². The van der Waals surface area contributed by atoms with Gasteiger partial charge in [0.15, 0.2) is 5.79 Å². The summed E-state index contributed by atoms with van der Waals surface area (Å²) in [5.74, 6) is -0.742. The minimum atomic E-state index is -0.742. The topological polar surface area (TPSA) is 64.6 Å². The molecule has 1 fully saturated rings. The van der Waals surface area contributed by atoms with Crippen molar-refractivity contribution in [2.75, 3.05) is 34.4 Å². The summed E-state index contributed by atoms with van der Waals surface area (Å²) < 4.78 is 41.0. The summed E-state index contributed by atoms with van der Waals surface area (Å²) in [6.45, 7) is 5.33. The predicted octanol–water partition coefficient (Wildman–Crippen LogP) is 4.85. The van der Waals surface area contributed by atoms with Crippen LogP contribution in [0.15, 0.2) is 60.7 Å². The summed E-state index contributed by atoms with van der Waals surface area (Å²) in [6, 6.07) is 20.1. The lowest BCUT2D eigenvalue weighted by Gasteiger charge is -2.29. The van der Waals surface area contributed by atoms with Gasteiger partial charge >= 0.3 is 0 Å². The smallest absolute Gasteiger partial charge is 0.163 e. The average Bonchev–Trinajstić information content (AvgIpc) is 3.15. The molecule has 0 aliphatic carbocycles. The molecular formula is C27H38O7. The normalized spacial score (nSPS) is 21.4. The van der Waals surface area contributed by atoms with Gasteiger partial charge in [-0.2, -0.15) is 0 Å². The van der Waals surface area contributed by atoms with Crippen LogP contribution >= 0.6 is 0 Å². The van der Waals surface area contributed by atoms with Crippen molar-refractivity contribution in [2.45, 2.75) is 63.5 Å². The van der Waals surface area contributed by atoms with Gasteiger partial charge in [-0.1, -0.05) is 60.7 Å². The Morgan fingerprint density at radius 3 is 2.18 bits per heavy atom. The van der Waals surface area contributed by atoms with Crippen molar-refractivity contribution in [2.24, 2.45) is 0 Å². The van der Waals surface area contributed by atoms with E-state index in [1.54, 1.807) is 14.2 Å². The second kappa shape index (κ2) is 13.9. The zero-order chi connectivity index (χ0) is 24.2. The third kappa shape index (κ3) is 8.43. The van der Waals surface area contributed by atoms with Crippen LogP contribution in [0.2, 0.25) is 0 Å². The van der Waals surface area contributed by atoms with E-state index in [4.69, 9.17) is 33.2 Å². The van der Waals surface area contributed by atoms with E-state index >= 15 is 0 Å². The van der Waals surface area contributed by atoms with Crippen LogP contribution in [0.3, 0.4) is 0 Å². The first-order valence-corrected chi connectivity index (χ1v) is 11.8. The molecule has 188 valence electrons. The molecule has 0 N–H and O–H groups in total. The molecule has 2 aromatic carbocycles. The Balaban J connectivity index is 1.66. The first-order valence-electron chi connectivity index (χ1n) is 11.8. The molecule has 1 aliphatic rings. The molecule has 34 heavy (non-hydrogen) atoms. The Labute approximate surface area is 203 Å². The first-order chi connectivity index (χ1) is 16.5. The van der Waals surface area contributed by atoms with Crippen molar-refractivity contribution in [1.82, 2.24) is 0 Å². The zero-order valence-corrected chi connectivity index (χ0v) is 20.7. The zero-order valence-electron chi connectivity index (χ0n) is 20.7. The van der Waals surface area contributed by atoms with Crippen LogP contribution < -0.4 is 0 Å². The van der Waals surface area contributed by atoms with E-state index < -0.39 is 5.79 Å². The summed E-state index contributed by atoms with van der Waals surface area (Å²) >= 11 is 0. The van der Waals surface area contributed by atoms with Gasteiger partial charge in [-0.05, 0) is 31.4 Å². The van der Waals surface area contributed by atoms with Crippen LogP contribution in [0.1, 0.15) is 43.9 Å². The molecule has 2 aromatic rings. The average molecular weight is 475 g/mol. The molecule has 0 amide bonds. The summed E-state index contributed by atoms with van der Waals surface area (Å²) in [5, 5.41) is 0. The maximum Gasteiger partial charge on any atom is 0.163 e. The number of hydrogen-bond donors (Lipinski definition) is 0. The van der Waals surface area contributed by atoms with Gasteiger partial charge < -0.3 is 33.2 Å². The van der Waals surface area contributed by atoms with Gasteiger partial charge in [0, 0.05) is 27.2 Å². The monoisotopic (exact) mass is 474 g/mol. The van der Waals surface area contributed by atoms with Gasteiger partial charge in [-0.15, -0.1) is 0 Å². The molecule has 1 aliphatic heterocycles. The van der Waals surface area contributed by atoms with Gasteiger partial charge in [0.05, 0.1) is 18.8 Å². The maximum absolute atomic E-state index is 6.34. The van der Waals surface area contributed by atoms with E-state index in [1.165, 1.54) is 0 Å². The van der Waals surface area contributed by atoms with Gasteiger partial charge in [0.25, 0.3) is 0 Å². The van der Waals surface area contributed by atoms with Crippen molar-refractivity contribution in [3.63, 3.8) is 0 Å². The third-order valence-electron chi connectivity index (χ3n) is 5.63. The van der Waals surface area contributed by atoms with E-state index in [1.807, 2.05) is 62.4 Å². The lowest BCUT2D eigenvalue weighted by molar-refractivity contribution is -0.171. The van der Waals surface area contributed by atoms with Gasteiger partial charge in [0.2, 0.25) is 0 Å². The van der Waals surface area contributed by atoms with Gasteiger partial charge in [0.1, 0.15) is 25.8 Å². The first kappa shape index (κ1) is 26.8. The quantitative estimate of drug-likeness (QED) is 0.270. The lowest BCUT2D eigenvalue weighted by Crippen LogP contribution is -2.35. The molecular weight excluding hydrogens is 436 g/mol. The largest absolute Gasteiger partial charge is 0.377 e. The van der Waals surface area contributed by atoms with Crippen molar-refractivity contribution >= 4 is 0 Å². The molecule has 1 saturated heterocycles. The van der Waals surface area contributed by atoms with E-state index in [-0.39, 0.29) is 38.0 Å². The molecule has 7 nitrogen and oxygen atoms in total. The number of hydrogen-bond acceptors (Lipinski definition) is 7. The number of methoxy groups -OCH3 is 2. The summed E-state index contributed by atoms with van der Waals surface area (Å²) in [5.41, 5.74) is 2.16. The van der Waals surface area contributed by atoms with Crippen LogP contribution in [0, 0.1) is 0 Å². The Hall–Kier alpha value is -1.84. The maximum atomic E-state index is 6.34. The van der Waals surface area contributed by atoms with Crippen molar-refractivity contribution in [3.05, 3.63) is 71.8 Å². The molecule has 1 heterocycles. The molecule has 0 saturated carbocycles. The molecule has 0 spiro atoms. The highest BCUT2D eigenvalue weighted by atomic mass is 16.8. The van der Waals surface area contributed by atoms with E-state index in [0.29, 0.717) is 26.1 Å². The van der Waals surface area contributed by atoms with Crippen LogP contribution in [-0.4, -0.2) is 58.5 Å². The van der Waals surface area contributed by atoms with Crippen molar-refractivity contribution < 1.29 is 33.2 Å². The van der Waals surface area contributed by atoms with E-state index in [0.717, 1.165) is 11.1 Å². The molecule has 4 atom stereocenters. The molecule has 0 bridgehead atoms. The summed E-state index contributed by atoms with van der Waals surface area (Å²) in [6.07, 6.45) is 0.286. The Morgan fingerprint density at radius 2 is 1.50 bits per heavy atom. The summed E-state index contributed by atoms with van der Waals surface area (Å²) in [4.78, 5) is 0. The molecule has 0 unspecified atom stereocenters. The van der Waals surface area contributed by atoms with E-state index in [2.05, 4.69) is 12.1 Å². The van der Waals surface area contributed by atoms with E-state index in [9.17, 15) is 0 Å². The third-order valence-corrected chi connectivity index (χ3v) is 5.63. The second-order valence-corrected chi connectivity index (χ2v) is 8.80. The van der Waals surface area contributed by atoms with Crippen LogP contribution in [0.25, 0.3) is 0 Å². The standard InChI is InChI=1S/C27H38O7/c1-27(2)33-24(26(34-27)25(32-20-29-4)22-13-9-6-10-14-22)17-23(31-19-28-3)15-16-30-18-21-11-7-5-8-12-21/h5-14,23-26H,15-20H2,1-4H3/t23-,24+,25+,26-/m0/s1. The molecule has 0 radical (unpaired) electrons. The Morgan fingerprint density at radius 1 is 0.853 bits per heavy atom. The van der Waals surface area contributed by atoms with Crippen LogP contribution in [-0.2, 0) is 39.8 Å². The highest BCUT2D eigenvalue weighted by Gasteiger charge is 2.47. The van der Waals surface area contributed by atoms with Crippen LogP contribution in [0.4, 0.5) is 0 Å². The number of ether oxygens (including phenoxy) is 7. The molecule has 3 rings (SSSR count). The number of benzene rings is 2. The fourth-order valence-electron chi connectivity index (χ4n) is 4.14. The predicted molar refractivity (Wildman–Crippen MR) is 128 cm³/mol. The molecule has 0 aromatic heterocycles. The Kier molecular flexibility index (Phi) is 10.9. The van der Waals surface area contributed by atoms with Crippen LogP contribution in [0.5, 0.6) is 0 Å². The highest BCUT2D eigenvalue weighted by Crippen LogP contribution is 2.39. The highest BCUT2D eigenvalue weighted by molar-refractivity contribution is 5.20. The minimum Gasteiger partial charge on any atom is -0.377 e. The summed E-state index contributed by atoms with van der Waals surface area (Å²) in [7, 11) is 3.23. The minimum absolute atomic E-state index is 0.125. The fraction of sp³-hybridized carbons (Fsp3) is 0.556.